The molecule has 31 heavy (non-hydrogen) atoms. The third-order valence-corrected chi connectivity index (χ3v) is 5.23. The van der Waals surface area contributed by atoms with Gasteiger partial charge in [-0.15, -0.1) is 5.10 Å². The van der Waals surface area contributed by atoms with E-state index in [4.69, 9.17) is 17.3 Å². The number of nitrogen functional groups attached to an aromatic ring is 1. The maximum Gasteiger partial charge on any atom is 0.253 e. The Balaban J connectivity index is 1.45. The molecule has 0 aliphatic heterocycles. The average molecular weight is 437 g/mol. The minimum atomic E-state index is -0.689. The van der Waals surface area contributed by atoms with Crippen LogP contribution in [0.5, 0.6) is 0 Å². The van der Waals surface area contributed by atoms with Gasteiger partial charge in [0, 0.05) is 29.5 Å². The fourth-order valence-corrected chi connectivity index (χ4v) is 3.39. The number of aliphatic hydroxyl groups excluding tert-OH is 1. The lowest BCUT2D eigenvalue weighted by Gasteiger charge is -2.13. The average Bonchev–Trinajstić information content (AvgIpc) is 3.13. The smallest absolute Gasteiger partial charge is 0.253 e. The predicted molar refractivity (Wildman–Crippen MR) is 119 cm³/mol. The van der Waals surface area contributed by atoms with Gasteiger partial charge in [0.15, 0.2) is 5.65 Å². The van der Waals surface area contributed by atoms with Gasteiger partial charge in [-0.3, -0.25) is 9.78 Å². The van der Waals surface area contributed by atoms with E-state index in [1.807, 2.05) is 12.1 Å². The van der Waals surface area contributed by atoms with E-state index in [-0.39, 0.29) is 11.9 Å². The molecular formula is C22H21ClN6O2. The Labute approximate surface area is 183 Å². The minimum absolute atomic E-state index is 0.194. The molecule has 4 rings (SSSR count). The third-order valence-electron chi connectivity index (χ3n) is 4.98. The molecule has 4 aromatic rings. The number of nitrogens with two attached hydrogens (primary N) is 1. The van der Waals surface area contributed by atoms with E-state index >= 15 is 0 Å². The number of nitrogens with zero attached hydrogens (tertiary/aromatic N) is 4. The number of benzene rings is 1. The van der Waals surface area contributed by atoms with Gasteiger partial charge in [-0.25, -0.2) is 4.52 Å². The molecule has 0 aliphatic rings. The number of halogens is 1. The highest BCUT2D eigenvalue weighted by Gasteiger charge is 2.14. The molecule has 9 heteroatoms. The number of aliphatic hydroxyl groups is 1. The number of aromatic nitrogens is 4. The molecule has 4 N–H and O–H groups in total. The second kappa shape index (κ2) is 8.71. The van der Waals surface area contributed by atoms with Crippen molar-refractivity contribution in [2.45, 2.75) is 19.4 Å². The summed E-state index contributed by atoms with van der Waals surface area (Å²) in [5.41, 5.74) is 9.72. The van der Waals surface area contributed by atoms with Gasteiger partial charge in [-0.2, -0.15) is 4.98 Å². The Hall–Kier alpha value is -3.49. The largest absolute Gasteiger partial charge is 0.388 e. The molecule has 0 unspecified atom stereocenters. The summed E-state index contributed by atoms with van der Waals surface area (Å²) in [5.74, 6) is -0.0528. The molecule has 0 aliphatic carbocycles. The molecule has 0 saturated heterocycles. The van der Waals surface area contributed by atoms with Crippen LogP contribution < -0.4 is 11.1 Å². The molecule has 158 valence electrons. The van der Waals surface area contributed by atoms with E-state index in [1.54, 1.807) is 54.2 Å². The summed E-state index contributed by atoms with van der Waals surface area (Å²) in [6.45, 7) is 2.10. The SMILES string of the molecule is Cc1ncc(-c2ccn3nc(N)nc3c2)cc1C(=O)NCC[C@@H](O)c1ccc(Cl)cc1. The second-order valence-electron chi connectivity index (χ2n) is 7.16. The summed E-state index contributed by atoms with van der Waals surface area (Å²) in [4.78, 5) is 21.3. The van der Waals surface area contributed by atoms with Crippen molar-refractivity contribution in [3.8, 4) is 11.1 Å². The summed E-state index contributed by atoms with van der Waals surface area (Å²) < 4.78 is 1.58. The summed E-state index contributed by atoms with van der Waals surface area (Å²) >= 11 is 5.87. The number of rotatable bonds is 6. The van der Waals surface area contributed by atoms with Gasteiger partial charge in [-0.05, 0) is 54.8 Å². The van der Waals surface area contributed by atoms with Crippen LogP contribution in [0.3, 0.4) is 0 Å². The Bertz CT molecular complexity index is 1240. The van der Waals surface area contributed by atoms with E-state index in [2.05, 4.69) is 20.4 Å². The van der Waals surface area contributed by atoms with Crippen molar-refractivity contribution in [2.75, 3.05) is 12.3 Å². The van der Waals surface area contributed by atoms with E-state index in [0.29, 0.717) is 34.9 Å². The quantitative estimate of drug-likeness (QED) is 0.427. The zero-order chi connectivity index (χ0) is 22.0. The molecule has 0 bridgehead atoms. The fraction of sp³-hybridized carbons (Fsp3) is 0.182. The van der Waals surface area contributed by atoms with Crippen molar-refractivity contribution in [1.29, 1.82) is 0 Å². The first kappa shape index (κ1) is 20.8. The number of anilines is 1. The van der Waals surface area contributed by atoms with Crippen molar-refractivity contribution in [1.82, 2.24) is 24.9 Å². The molecule has 0 fully saturated rings. The van der Waals surface area contributed by atoms with E-state index in [1.165, 1.54) is 0 Å². The Morgan fingerprint density at radius 1 is 1.23 bits per heavy atom. The number of hydrogen-bond donors (Lipinski definition) is 3. The first-order chi connectivity index (χ1) is 14.9. The van der Waals surface area contributed by atoms with Gasteiger partial charge < -0.3 is 16.2 Å². The molecule has 0 radical (unpaired) electrons. The first-order valence-electron chi connectivity index (χ1n) is 9.71. The normalized spacial score (nSPS) is 12.1. The van der Waals surface area contributed by atoms with Crippen molar-refractivity contribution < 1.29 is 9.90 Å². The zero-order valence-corrected chi connectivity index (χ0v) is 17.5. The van der Waals surface area contributed by atoms with Crippen LogP contribution in [0.1, 0.15) is 34.1 Å². The van der Waals surface area contributed by atoms with Gasteiger partial charge in [0.1, 0.15) is 0 Å². The third kappa shape index (κ3) is 4.65. The number of amides is 1. The van der Waals surface area contributed by atoms with Gasteiger partial charge in [0.2, 0.25) is 5.95 Å². The van der Waals surface area contributed by atoms with Gasteiger partial charge in [0.25, 0.3) is 5.91 Å². The van der Waals surface area contributed by atoms with Crippen LogP contribution in [-0.4, -0.2) is 37.1 Å². The number of nitrogens with one attached hydrogen (secondary N) is 1. The number of pyridine rings is 2. The lowest BCUT2D eigenvalue weighted by molar-refractivity contribution is 0.0941. The zero-order valence-electron chi connectivity index (χ0n) is 16.8. The van der Waals surface area contributed by atoms with Crippen LogP contribution in [0, 0.1) is 6.92 Å². The number of fused-ring (bicyclic) bond motifs is 1. The molecule has 1 amide bonds. The van der Waals surface area contributed by atoms with Crippen molar-refractivity contribution in [2.24, 2.45) is 0 Å². The number of carbonyl (C=O) groups is 1. The number of carbonyl (C=O) groups excluding carboxylic acids is 1. The fourth-order valence-electron chi connectivity index (χ4n) is 3.27. The summed E-state index contributed by atoms with van der Waals surface area (Å²) in [5, 5.41) is 17.8. The van der Waals surface area contributed by atoms with Crippen molar-refractivity contribution >= 4 is 29.1 Å². The topological polar surface area (TPSA) is 118 Å². The monoisotopic (exact) mass is 436 g/mol. The highest BCUT2D eigenvalue weighted by atomic mass is 35.5. The Morgan fingerprint density at radius 2 is 2.00 bits per heavy atom. The standard InChI is InChI=1S/C22H21ClN6O2/c1-13-18(21(31)25-8-6-19(30)14-2-4-17(23)5-3-14)10-16(12-26-13)15-7-9-29-20(11-15)27-22(24)28-29/h2-5,7,9-12,19,30H,6,8H2,1H3,(H2,24,28)(H,25,31)/t19-/m1/s1. The highest BCUT2D eigenvalue weighted by Crippen LogP contribution is 2.23. The molecular weight excluding hydrogens is 416 g/mol. The van der Waals surface area contributed by atoms with Crippen LogP contribution in [-0.2, 0) is 0 Å². The van der Waals surface area contributed by atoms with Crippen molar-refractivity contribution in [3.63, 3.8) is 0 Å². The molecule has 1 aromatic carbocycles. The summed E-state index contributed by atoms with van der Waals surface area (Å²) in [7, 11) is 0. The van der Waals surface area contributed by atoms with E-state index in [0.717, 1.165) is 16.7 Å². The maximum atomic E-state index is 12.7. The molecule has 8 nitrogen and oxygen atoms in total. The van der Waals surface area contributed by atoms with Crippen LogP contribution in [0.4, 0.5) is 5.95 Å². The lowest BCUT2D eigenvalue weighted by Crippen LogP contribution is -2.26. The van der Waals surface area contributed by atoms with Crippen LogP contribution >= 0.6 is 11.6 Å². The van der Waals surface area contributed by atoms with Gasteiger partial charge in [0.05, 0.1) is 17.4 Å². The van der Waals surface area contributed by atoms with Crippen LogP contribution in [0.2, 0.25) is 5.02 Å². The lowest BCUT2D eigenvalue weighted by atomic mass is 10.0. The maximum absolute atomic E-state index is 12.7. The van der Waals surface area contributed by atoms with Gasteiger partial charge >= 0.3 is 0 Å². The number of hydrogen-bond acceptors (Lipinski definition) is 6. The minimum Gasteiger partial charge on any atom is -0.388 e. The van der Waals surface area contributed by atoms with Crippen LogP contribution in [0.15, 0.2) is 54.9 Å². The highest BCUT2D eigenvalue weighted by molar-refractivity contribution is 6.30. The molecule has 3 aromatic heterocycles. The second-order valence-corrected chi connectivity index (χ2v) is 7.59. The van der Waals surface area contributed by atoms with E-state index in [9.17, 15) is 9.90 Å². The van der Waals surface area contributed by atoms with Crippen molar-refractivity contribution in [3.05, 3.63) is 76.7 Å². The molecule has 1 atom stereocenters. The summed E-state index contributed by atoms with van der Waals surface area (Å²) in [6.07, 6.45) is 3.16. The van der Waals surface area contributed by atoms with Crippen LogP contribution in [0.25, 0.3) is 16.8 Å². The predicted octanol–water partition coefficient (Wildman–Crippen LogP) is 3.19. The first-order valence-corrected chi connectivity index (χ1v) is 10.1. The van der Waals surface area contributed by atoms with Gasteiger partial charge in [-0.1, -0.05) is 23.7 Å². The molecule has 0 spiro atoms. The number of aryl methyl sites for hydroxylation is 1. The summed E-state index contributed by atoms with van der Waals surface area (Å²) in [6, 6.07) is 12.5. The Morgan fingerprint density at radius 3 is 2.77 bits per heavy atom. The Kier molecular flexibility index (Phi) is 5.83. The molecule has 0 saturated carbocycles. The molecule has 3 heterocycles. The van der Waals surface area contributed by atoms with E-state index < -0.39 is 6.10 Å².